The van der Waals surface area contributed by atoms with Crippen molar-refractivity contribution in [2.24, 2.45) is 5.16 Å². The minimum absolute atomic E-state index is 0.0785. The Kier molecular flexibility index (Phi) is 8.65. The number of hydrogen-bond donors (Lipinski definition) is 0. The molecule has 0 aromatic heterocycles. The van der Waals surface area contributed by atoms with Gasteiger partial charge in [0, 0.05) is 24.1 Å². The molecule has 3 rings (SSSR count). The van der Waals surface area contributed by atoms with E-state index in [1.165, 1.54) is 11.1 Å². The zero-order valence-electron chi connectivity index (χ0n) is 19.2. The van der Waals surface area contributed by atoms with Gasteiger partial charge in [0.1, 0.15) is 11.3 Å². The number of nitrogens with zero attached hydrogens (tertiary/aromatic N) is 2. The standard InChI is InChI=1S/C25H27ClN2O6/c1-28(25(14-6-5-9-22(25)29)20-7-3-4-8-21(20)26)23(30)16-33-24(31)17-34-27-15-18-10-12-19(32-2)13-11-18/h3-4,7-8,10-13,15H,5-6,9,14,16-17H2,1-2H3. The maximum absolute atomic E-state index is 13.1. The first-order valence-corrected chi connectivity index (χ1v) is 11.3. The Balaban J connectivity index is 1.57. The van der Waals surface area contributed by atoms with Crippen LogP contribution in [0.5, 0.6) is 5.75 Å². The second-order valence-corrected chi connectivity index (χ2v) is 8.27. The Morgan fingerprint density at radius 1 is 1.12 bits per heavy atom. The lowest BCUT2D eigenvalue weighted by Crippen LogP contribution is -2.55. The summed E-state index contributed by atoms with van der Waals surface area (Å²) >= 11 is 6.41. The Bertz CT molecular complexity index is 1060. The number of carbonyl (C=O) groups is 3. The van der Waals surface area contributed by atoms with Crippen LogP contribution in [0.15, 0.2) is 53.7 Å². The SMILES string of the molecule is COc1ccc(C=NOCC(=O)OCC(=O)N(C)C2(c3ccccc3Cl)CCCCC2=O)cc1. The molecule has 0 aliphatic heterocycles. The molecule has 0 heterocycles. The summed E-state index contributed by atoms with van der Waals surface area (Å²) in [5, 5.41) is 4.14. The average Bonchev–Trinajstić information content (AvgIpc) is 2.86. The van der Waals surface area contributed by atoms with Crippen LogP contribution in [0.25, 0.3) is 0 Å². The molecule has 2 aromatic rings. The molecule has 1 unspecified atom stereocenters. The Labute approximate surface area is 203 Å². The Hall–Kier alpha value is -3.39. The highest BCUT2D eigenvalue weighted by molar-refractivity contribution is 6.31. The molecule has 180 valence electrons. The second kappa shape index (κ2) is 11.7. The average molecular weight is 487 g/mol. The Morgan fingerprint density at radius 3 is 2.53 bits per heavy atom. The van der Waals surface area contributed by atoms with Gasteiger partial charge in [-0.1, -0.05) is 35.0 Å². The van der Waals surface area contributed by atoms with Crippen LogP contribution < -0.4 is 4.74 Å². The van der Waals surface area contributed by atoms with E-state index in [1.807, 2.05) is 0 Å². The number of benzene rings is 2. The molecule has 0 bridgehead atoms. The van der Waals surface area contributed by atoms with E-state index < -0.39 is 30.6 Å². The van der Waals surface area contributed by atoms with Crippen LogP contribution in [0, 0.1) is 0 Å². The molecule has 1 aliphatic carbocycles. The summed E-state index contributed by atoms with van der Waals surface area (Å²) in [6.07, 6.45) is 3.77. The molecular formula is C25H27ClN2O6. The van der Waals surface area contributed by atoms with Crippen LogP contribution in [-0.2, 0) is 29.5 Å². The molecule has 34 heavy (non-hydrogen) atoms. The van der Waals surface area contributed by atoms with Crippen molar-refractivity contribution in [2.75, 3.05) is 27.4 Å². The molecule has 1 fully saturated rings. The lowest BCUT2D eigenvalue weighted by molar-refractivity contribution is -0.160. The summed E-state index contributed by atoms with van der Waals surface area (Å²) < 4.78 is 10.1. The fourth-order valence-electron chi connectivity index (χ4n) is 4.00. The maximum Gasteiger partial charge on any atom is 0.347 e. The summed E-state index contributed by atoms with van der Waals surface area (Å²) in [5.74, 6) is -0.631. The van der Waals surface area contributed by atoms with Gasteiger partial charge >= 0.3 is 5.97 Å². The highest BCUT2D eigenvalue weighted by Gasteiger charge is 2.47. The van der Waals surface area contributed by atoms with Crippen molar-refractivity contribution in [3.63, 3.8) is 0 Å². The summed E-state index contributed by atoms with van der Waals surface area (Å²) in [7, 11) is 3.11. The predicted octanol–water partition coefficient (Wildman–Crippen LogP) is 3.74. The summed E-state index contributed by atoms with van der Waals surface area (Å²) in [5.41, 5.74) is 0.159. The predicted molar refractivity (Wildman–Crippen MR) is 127 cm³/mol. The van der Waals surface area contributed by atoms with Crippen LogP contribution in [0.3, 0.4) is 0 Å². The van der Waals surface area contributed by atoms with E-state index in [4.69, 9.17) is 25.9 Å². The highest BCUT2D eigenvalue weighted by atomic mass is 35.5. The third kappa shape index (κ3) is 5.75. The van der Waals surface area contributed by atoms with Crippen molar-refractivity contribution in [2.45, 2.75) is 31.2 Å². The van der Waals surface area contributed by atoms with Gasteiger partial charge in [-0.05, 0) is 55.2 Å². The number of Topliss-reactive ketones (excluding diaryl/α,β-unsaturated/α-hetero) is 1. The molecule has 0 radical (unpaired) electrons. The van der Waals surface area contributed by atoms with Crippen molar-refractivity contribution in [1.82, 2.24) is 4.90 Å². The van der Waals surface area contributed by atoms with E-state index in [1.54, 1.807) is 62.7 Å². The molecule has 0 N–H and O–H groups in total. The van der Waals surface area contributed by atoms with Crippen molar-refractivity contribution in [1.29, 1.82) is 0 Å². The molecule has 0 saturated heterocycles. The van der Waals surface area contributed by atoms with Crippen LogP contribution in [-0.4, -0.2) is 56.1 Å². The first-order chi connectivity index (χ1) is 16.4. The van der Waals surface area contributed by atoms with Gasteiger partial charge in [-0.15, -0.1) is 0 Å². The van der Waals surface area contributed by atoms with E-state index in [-0.39, 0.29) is 5.78 Å². The number of ether oxygens (including phenoxy) is 2. The van der Waals surface area contributed by atoms with E-state index in [0.29, 0.717) is 29.2 Å². The molecule has 0 spiro atoms. The summed E-state index contributed by atoms with van der Waals surface area (Å²) in [4.78, 5) is 44.3. The minimum Gasteiger partial charge on any atom is -0.497 e. The maximum atomic E-state index is 13.1. The van der Waals surface area contributed by atoms with Crippen molar-refractivity contribution >= 4 is 35.5 Å². The van der Waals surface area contributed by atoms with Gasteiger partial charge in [-0.3, -0.25) is 9.59 Å². The highest BCUT2D eigenvalue weighted by Crippen LogP contribution is 2.42. The minimum atomic E-state index is -1.18. The van der Waals surface area contributed by atoms with Crippen LogP contribution in [0.2, 0.25) is 5.02 Å². The van der Waals surface area contributed by atoms with Gasteiger partial charge in [0.15, 0.2) is 12.4 Å². The molecule has 1 atom stereocenters. The number of likely N-dealkylation sites (N-methyl/N-ethyl adjacent to an activating group) is 1. The number of oxime groups is 1. The molecule has 9 heteroatoms. The van der Waals surface area contributed by atoms with Crippen LogP contribution in [0.4, 0.5) is 0 Å². The molecular weight excluding hydrogens is 460 g/mol. The van der Waals surface area contributed by atoms with Gasteiger partial charge < -0.3 is 19.2 Å². The van der Waals surface area contributed by atoms with Crippen molar-refractivity contribution < 1.29 is 28.7 Å². The molecule has 1 amide bonds. The monoisotopic (exact) mass is 486 g/mol. The van der Waals surface area contributed by atoms with Gasteiger partial charge in [0.25, 0.3) is 5.91 Å². The van der Waals surface area contributed by atoms with E-state index in [0.717, 1.165) is 18.4 Å². The number of ketones is 1. The molecule has 1 aliphatic rings. The van der Waals surface area contributed by atoms with E-state index in [2.05, 4.69) is 5.16 Å². The largest absolute Gasteiger partial charge is 0.497 e. The van der Waals surface area contributed by atoms with Gasteiger partial charge in [0.2, 0.25) is 6.61 Å². The van der Waals surface area contributed by atoms with Crippen LogP contribution in [0.1, 0.15) is 36.8 Å². The number of rotatable bonds is 9. The normalized spacial score (nSPS) is 17.9. The first-order valence-electron chi connectivity index (χ1n) is 10.9. The van der Waals surface area contributed by atoms with E-state index >= 15 is 0 Å². The van der Waals surface area contributed by atoms with Crippen molar-refractivity contribution in [3.8, 4) is 5.75 Å². The number of methoxy groups -OCH3 is 1. The van der Waals surface area contributed by atoms with Crippen molar-refractivity contribution in [3.05, 3.63) is 64.7 Å². The van der Waals surface area contributed by atoms with E-state index in [9.17, 15) is 14.4 Å². The quantitative estimate of drug-likeness (QED) is 0.304. The zero-order chi connectivity index (χ0) is 24.6. The van der Waals surface area contributed by atoms with Gasteiger partial charge in [-0.25, -0.2) is 4.79 Å². The number of amides is 1. The lowest BCUT2D eigenvalue weighted by Gasteiger charge is -2.43. The van der Waals surface area contributed by atoms with Gasteiger partial charge in [0.05, 0.1) is 13.3 Å². The number of esters is 1. The van der Waals surface area contributed by atoms with Crippen LogP contribution >= 0.6 is 11.6 Å². The first kappa shape index (κ1) is 25.2. The molecule has 1 saturated carbocycles. The number of carbonyl (C=O) groups excluding carboxylic acids is 3. The molecule has 8 nitrogen and oxygen atoms in total. The topological polar surface area (TPSA) is 94.5 Å². The smallest absolute Gasteiger partial charge is 0.347 e. The summed E-state index contributed by atoms with van der Waals surface area (Å²) in [6.45, 7) is -0.987. The fraction of sp³-hybridized carbons (Fsp3) is 0.360. The number of hydrogen-bond acceptors (Lipinski definition) is 7. The third-order valence-electron chi connectivity index (χ3n) is 5.85. The summed E-state index contributed by atoms with van der Waals surface area (Å²) in [6, 6.07) is 14.1. The number of halogens is 1. The Morgan fingerprint density at radius 2 is 1.85 bits per heavy atom. The second-order valence-electron chi connectivity index (χ2n) is 7.86. The third-order valence-corrected chi connectivity index (χ3v) is 6.18. The van der Waals surface area contributed by atoms with Gasteiger partial charge in [-0.2, -0.15) is 0 Å². The lowest BCUT2D eigenvalue weighted by atomic mass is 9.74. The molecule has 2 aromatic carbocycles. The zero-order valence-corrected chi connectivity index (χ0v) is 19.9. The fourth-order valence-corrected chi connectivity index (χ4v) is 4.29.